The molecule has 5 N–H and O–H groups in total. The molecular weight excluding hydrogens is 508 g/mol. The van der Waals surface area contributed by atoms with Crippen molar-refractivity contribution in [2.45, 2.75) is 56.4 Å². The van der Waals surface area contributed by atoms with Gasteiger partial charge in [-0.05, 0) is 24.6 Å². The SMILES string of the molecule is C/C=C1/[C@H]2OC=C(C(=O)OC)[C@H]1CC(=O)OC[C@H](c1ccc(O)c(O)c1)OC[C@H]1OC(O2)[C@H](O)[C@@H](O)[C@@H]1O. The molecule has 38 heavy (non-hydrogen) atoms. The Morgan fingerprint density at radius 3 is 2.50 bits per heavy atom. The summed E-state index contributed by atoms with van der Waals surface area (Å²) in [5.74, 6) is -3.13. The largest absolute Gasteiger partial charge is 0.504 e. The summed E-state index contributed by atoms with van der Waals surface area (Å²) in [7, 11) is 1.18. The van der Waals surface area contributed by atoms with E-state index < -0.39 is 66.7 Å². The number of methoxy groups -OCH3 is 1. The first-order valence-electron chi connectivity index (χ1n) is 11.9. The van der Waals surface area contributed by atoms with Gasteiger partial charge in [0.2, 0.25) is 6.29 Å². The van der Waals surface area contributed by atoms with Crippen LogP contribution in [-0.4, -0.2) is 94.8 Å². The van der Waals surface area contributed by atoms with Crippen molar-refractivity contribution in [2.75, 3.05) is 20.3 Å². The maximum atomic E-state index is 12.9. The van der Waals surface area contributed by atoms with Crippen molar-refractivity contribution in [1.82, 2.24) is 0 Å². The predicted molar refractivity (Wildman–Crippen MR) is 124 cm³/mol. The molecule has 3 heterocycles. The number of fused-ring (bicyclic) bond motifs is 4. The fourth-order valence-electron chi connectivity index (χ4n) is 4.50. The summed E-state index contributed by atoms with van der Waals surface area (Å²) in [6, 6.07) is 3.89. The number of rotatable bonds is 2. The number of carbonyl (C=O) groups is 2. The van der Waals surface area contributed by atoms with Gasteiger partial charge in [0, 0.05) is 11.5 Å². The molecule has 8 atom stereocenters. The van der Waals surface area contributed by atoms with Crippen molar-refractivity contribution in [3.05, 3.63) is 47.2 Å². The molecule has 0 amide bonds. The zero-order valence-corrected chi connectivity index (χ0v) is 20.6. The quantitative estimate of drug-likeness (QED) is 0.191. The van der Waals surface area contributed by atoms with E-state index in [0.717, 1.165) is 6.26 Å². The first-order chi connectivity index (χ1) is 18.1. The highest BCUT2D eigenvalue weighted by atomic mass is 16.8. The lowest BCUT2D eigenvalue weighted by Crippen LogP contribution is -2.60. The Labute approximate surface area is 217 Å². The molecule has 13 heteroatoms. The number of hydrogen-bond acceptors (Lipinski definition) is 13. The van der Waals surface area contributed by atoms with Crippen LogP contribution in [0.25, 0.3) is 0 Å². The number of esters is 2. The van der Waals surface area contributed by atoms with Crippen LogP contribution >= 0.6 is 0 Å². The Morgan fingerprint density at radius 1 is 1.05 bits per heavy atom. The van der Waals surface area contributed by atoms with E-state index in [0.29, 0.717) is 11.1 Å². The van der Waals surface area contributed by atoms with E-state index in [1.54, 1.807) is 13.0 Å². The molecule has 3 aliphatic heterocycles. The minimum atomic E-state index is -1.67. The third-order valence-electron chi connectivity index (χ3n) is 6.65. The second kappa shape index (κ2) is 11.7. The Morgan fingerprint density at radius 2 is 1.82 bits per heavy atom. The molecule has 3 aliphatic rings. The van der Waals surface area contributed by atoms with Crippen molar-refractivity contribution < 1.29 is 63.5 Å². The van der Waals surface area contributed by atoms with Gasteiger partial charge in [-0.1, -0.05) is 12.1 Å². The number of aromatic hydroxyl groups is 2. The highest BCUT2D eigenvalue weighted by Crippen LogP contribution is 2.37. The van der Waals surface area contributed by atoms with Crippen LogP contribution in [0, 0.1) is 5.92 Å². The van der Waals surface area contributed by atoms with Crippen molar-refractivity contribution in [3.63, 3.8) is 0 Å². The molecule has 0 radical (unpaired) electrons. The van der Waals surface area contributed by atoms with Crippen LogP contribution < -0.4 is 0 Å². The zero-order valence-electron chi connectivity index (χ0n) is 20.6. The first kappa shape index (κ1) is 27.8. The standard InChI is InChI=1S/C25H30O13/c1-3-12-13-7-19(28)35-9-17(11-4-5-15(26)16(27)6-11)34-10-18-20(29)21(30)22(31)25(37-18)38-24(12)36-8-14(13)23(32)33-2/h3-6,8,13,17-18,20-22,24-27,29-31H,7,9-10H2,1-2H3/b12-3+/t13-,17+,18+,20+,21-,22+,24-,25?/m0/s1. The highest BCUT2D eigenvalue weighted by Gasteiger charge is 2.47. The minimum Gasteiger partial charge on any atom is -0.504 e. The number of hydrogen-bond donors (Lipinski definition) is 5. The van der Waals surface area contributed by atoms with Crippen LogP contribution in [0.1, 0.15) is 25.0 Å². The smallest absolute Gasteiger partial charge is 0.337 e. The lowest BCUT2D eigenvalue weighted by atomic mass is 9.86. The molecule has 0 aromatic heterocycles. The molecule has 0 spiro atoms. The summed E-state index contributed by atoms with van der Waals surface area (Å²) in [6.45, 7) is 0.954. The molecule has 1 unspecified atom stereocenters. The van der Waals surface area contributed by atoms with Crippen LogP contribution in [0.4, 0.5) is 0 Å². The Balaban J connectivity index is 1.70. The molecule has 1 aromatic carbocycles. The molecule has 0 saturated carbocycles. The van der Waals surface area contributed by atoms with Gasteiger partial charge in [-0.25, -0.2) is 4.79 Å². The summed E-state index contributed by atoms with van der Waals surface area (Å²) in [5.41, 5.74) is 0.694. The van der Waals surface area contributed by atoms with Gasteiger partial charge in [-0.2, -0.15) is 0 Å². The van der Waals surface area contributed by atoms with Gasteiger partial charge in [-0.15, -0.1) is 0 Å². The number of ether oxygens (including phenoxy) is 6. The molecule has 208 valence electrons. The third kappa shape index (κ3) is 5.62. The Kier molecular flexibility index (Phi) is 8.55. The second-order valence-corrected chi connectivity index (χ2v) is 8.98. The van der Waals surface area contributed by atoms with Crippen molar-refractivity contribution in [3.8, 4) is 11.5 Å². The summed E-state index contributed by atoms with van der Waals surface area (Å²) in [6.07, 6.45) is -7.44. The monoisotopic (exact) mass is 538 g/mol. The average molecular weight is 539 g/mol. The fraction of sp³-hybridized carbons (Fsp3) is 0.520. The van der Waals surface area contributed by atoms with Crippen molar-refractivity contribution >= 4 is 11.9 Å². The molecule has 2 fully saturated rings. The van der Waals surface area contributed by atoms with Crippen LogP contribution in [0.3, 0.4) is 0 Å². The van der Waals surface area contributed by atoms with E-state index in [-0.39, 0.29) is 31.0 Å². The van der Waals surface area contributed by atoms with Crippen LogP contribution in [0.5, 0.6) is 11.5 Å². The molecule has 0 aliphatic carbocycles. The number of benzene rings is 1. The maximum absolute atomic E-state index is 12.9. The summed E-state index contributed by atoms with van der Waals surface area (Å²) in [4.78, 5) is 25.3. The average Bonchev–Trinajstić information content (AvgIpc) is 2.90. The topological polar surface area (TPSA) is 191 Å². The number of phenols is 2. The number of carbonyl (C=O) groups excluding carboxylic acids is 2. The lowest BCUT2D eigenvalue weighted by molar-refractivity contribution is -0.330. The van der Waals surface area contributed by atoms with E-state index in [4.69, 9.17) is 28.4 Å². The number of cyclic esters (lactones) is 1. The Bertz CT molecular complexity index is 1100. The second-order valence-electron chi connectivity index (χ2n) is 8.98. The van der Waals surface area contributed by atoms with Crippen molar-refractivity contribution in [1.29, 1.82) is 0 Å². The van der Waals surface area contributed by atoms with Gasteiger partial charge in [0.05, 0.1) is 32.0 Å². The zero-order chi connectivity index (χ0) is 27.6. The number of phenolic OH excluding ortho intramolecular Hbond substituents is 2. The third-order valence-corrected chi connectivity index (χ3v) is 6.65. The first-order valence-corrected chi connectivity index (χ1v) is 11.9. The molecular formula is C25H30O13. The molecule has 13 nitrogen and oxygen atoms in total. The summed E-state index contributed by atoms with van der Waals surface area (Å²) >= 11 is 0. The lowest BCUT2D eigenvalue weighted by Gasteiger charge is -2.42. The van der Waals surface area contributed by atoms with Gasteiger partial charge in [0.15, 0.2) is 17.8 Å². The van der Waals surface area contributed by atoms with E-state index in [1.165, 1.54) is 25.3 Å². The number of aliphatic hydroxyl groups is 3. The highest BCUT2D eigenvalue weighted by molar-refractivity contribution is 5.90. The van der Waals surface area contributed by atoms with Crippen LogP contribution in [0.15, 0.2) is 41.7 Å². The van der Waals surface area contributed by atoms with Gasteiger partial charge in [0.1, 0.15) is 37.1 Å². The van der Waals surface area contributed by atoms with E-state index in [2.05, 4.69) is 0 Å². The predicted octanol–water partition coefficient (Wildman–Crippen LogP) is -0.0977. The molecule has 4 rings (SSSR count). The van der Waals surface area contributed by atoms with E-state index >= 15 is 0 Å². The molecule has 1 aromatic rings. The van der Waals surface area contributed by atoms with E-state index in [9.17, 15) is 35.1 Å². The number of allylic oxidation sites excluding steroid dienone is 1. The van der Waals surface area contributed by atoms with Gasteiger partial charge in [-0.3, -0.25) is 4.79 Å². The number of aliphatic hydroxyl groups excluding tert-OH is 3. The van der Waals surface area contributed by atoms with Gasteiger partial charge >= 0.3 is 11.9 Å². The maximum Gasteiger partial charge on any atom is 0.337 e. The molecule has 2 saturated heterocycles. The van der Waals surface area contributed by atoms with E-state index in [1.807, 2.05) is 0 Å². The van der Waals surface area contributed by atoms with Crippen LogP contribution in [-0.2, 0) is 38.0 Å². The summed E-state index contributed by atoms with van der Waals surface area (Å²) < 4.78 is 33.2. The minimum absolute atomic E-state index is 0.0270. The van der Waals surface area contributed by atoms with Crippen molar-refractivity contribution in [2.24, 2.45) is 5.92 Å². The van der Waals surface area contributed by atoms with Gasteiger partial charge in [0.25, 0.3) is 0 Å². The molecule has 4 bridgehead atoms. The normalized spacial score (nSPS) is 35.3. The van der Waals surface area contributed by atoms with Gasteiger partial charge < -0.3 is 54.0 Å². The summed E-state index contributed by atoms with van der Waals surface area (Å²) in [5, 5.41) is 51.1. The van der Waals surface area contributed by atoms with Crippen LogP contribution in [0.2, 0.25) is 0 Å². The Hall–Kier alpha value is -3.20. The fourth-order valence-corrected chi connectivity index (χ4v) is 4.50.